The lowest BCUT2D eigenvalue weighted by Crippen LogP contribution is -2.40. The van der Waals surface area contributed by atoms with Crippen molar-refractivity contribution in [2.75, 3.05) is 20.3 Å². The molecule has 2 atom stereocenters. The van der Waals surface area contributed by atoms with Gasteiger partial charge >= 0.3 is 12.1 Å². The quantitative estimate of drug-likeness (QED) is 0.524. The van der Waals surface area contributed by atoms with Crippen molar-refractivity contribution in [3.05, 3.63) is 59.7 Å². The summed E-state index contributed by atoms with van der Waals surface area (Å²) in [6.45, 7) is 1.98. The Hall–Kier alpha value is -3.39. The molecule has 170 valence electrons. The molecule has 0 saturated heterocycles. The van der Waals surface area contributed by atoms with Crippen molar-refractivity contribution in [1.29, 1.82) is 0 Å². The first-order valence-corrected chi connectivity index (χ1v) is 10.5. The maximum atomic E-state index is 12.3. The number of carboxylic acid groups (broad SMARTS) is 1. The minimum atomic E-state index is -1.00. The molecule has 1 aliphatic carbocycles. The number of methoxy groups -OCH3 is 1. The van der Waals surface area contributed by atoms with Gasteiger partial charge in [-0.15, -0.1) is 0 Å². The van der Waals surface area contributed by atoms with Crippen molar-refractivity contribution in [2.24, 2.45) is 0 Å². The van der Waals surface area contributed by atoms with Gasteiger partial charge in [0.15, 0.2) is 0 Å². The number of hydrogen-bond acceptors (Lipinski definition) is 5. The van der Waals surface area contributed by atoms with Crippen LogP contribution in [0.5, 0.6) is 0 Å². The summed E-state index contributed by atoms with van der Waals surface area (Å²) in [4.78, 5) is 35.1. The molecule has 3 rings (SSSR count). The van der Waals surface area contributed by atoms with Gasteiger partial charge in [0, 0.05) is 32.0 Å². The van der Waals surface area contributed by atoms with E-state index < -0.39 is 24.2 Å². The Balaban J connectivity index is 1.47. The molecule has 0 spiro atoms. The van der Waals surface area contributed by atoms with Crippen molar-refractivity contribution < 1.29 is 29.0 Å². The number of fused-ring (bicyclic) bond motifs is 3. The van der Waals surface area contributed by atoms with Gasteiger partial charge in [0.25, 0.3) is 0 Å². The van der Waals surface area contributed by atoms with E-state index in [4.69, 9.17) is 14.6 Å². The van der Waals surface area contributed by atoms with Crippen LogP contribution in [0, 0.1) is 0 Å². The van der Waals surface area contributed by atoms with Gasteiger partial charge in [-0.3, -0.25) is 9.59 Å². The molecule has 3 N–H and O–H groups in total. The molecule has 2 aromatic carbocycles. The van der Waals surface area contributed by atoms with Gasteiger partial charge in [-0.05, 0) is 29.2 Å². The Morgan fingerprint density at radius 3 is 2.16 bits per heavy atom. The van der Waals surface area contributed by atoms with Crippen LogP contribution >= 0.6 is 0 Å². The second-order valence-corrected chi connectivity index (χ2v) is 7.83. The summed E-state index contributed by atoms with van der Waals surface area (Å²) in [6.07, 6.45) is -1.37. The van der Waals surface area contributed by atoms with Crippen molar-refractivity contribution in [2.45, 2.75) is 37.8 Å². The van der Waals surface area contributed by atoms with Crippen molar-refractivity contribution in [3.63, 3.8) is 0 Å². The van der Waals surface area contributed by atoms with E-state index in [0.717, 1.165) is 22.3 Å². The fourth-order valence-electron chi connectivity index (χ4n) is 3.90. The number of nitrogens with one attached hydrogen (secondary N) is 2. The van der Waals surface area contributed by atoms with E-state index >= 15 is 0 Å². The summed E-state index contributed by atoms with van der Waals surface area (Å²) >= 11 is 0. The smallest absolute Gasteiger partial charge is 0.407 e. The molecule has 0 heterocycles. The first-order chi connectivity index (χ1) is 15.4. The van der Waals surface area contributed by atoms with Crippen LogP contribution in [0.1, 0.15) is 36.8 Å². The summed E-state index contributed by atoms with van der Waals surface area (Å²) in [5.41, 5.74) is 4.56. The number of carboxylic acids is 1. The number of carbonyl (C=O) groups excluding carboxylic acids is 2. The van der Waals surface area contributed by atoms with Gasteiger partial charge in [0.05, 0.1) is 12.5 Å². The minimum Gasteiger partial charge on any atom is -0.481 e. The fourth-order valence-corrected chi connectivity index (χ4v) is 3.90. The van der Waals surface area contributed by atoms with Gasteiger partial charge in [-0.1, -0.05) is 48.5 Å². The van der Waals surface area contributed by atoms with Gasteiger partial charge in [-0.2, -0.15) is 0 Å². The second kappa shape index (κ2) is 10.8. The average molecular weight is 440 g/mol. The van der Waals surface area contributed by atoms with Crippen LogP contribution in [0.15, 0.2) is 48.5 Å². The highest BCUT2D eigenvalue weighted by Crippen LogP contribution is 2.44. The van der Waals surface area contributed by atoms with E-state index in [9.17, 15) is 14.4 Å². The van der Waals surface area contributed by atoms with Gasteiger partial charge < -0.3 is 25.2 Å². The lowest BCUT2D eigenvalue weighted by Gasteiger charge is -2.18. The van der Waals surface area contributed by atoms with Gasteiger partial charge in [0.2, 0.25) is 5.91 Å². The predicted octanol–water partition coefficient (Wildman–Crippen LogP) is 2.91. The molecular weight excluding hydrogens is 412 g/mol. The number of aliphatic carboxylic acids is 1. The molecule has 2 aromatic rings. The largest absolute Gasteiger partial charge is 0.481 e. The lowest BCUT2D eigenvalue weighted by atomic mass is 9.98. The van der Waals surface area contributed by atoms with Gasteiger partial charge in [0.1, 0.15) is 6.61 Å². The number of hydrogen-bond donors (Lipinski definition) is 3. The molecule has 0 aliphatic heterocycles. The monoisotopic (exact) mass is 440 g/mol. The molecule has 8 heteroatoms. The molecule has 0 fully saturated rings. The first kappa shape index (κ1) is 23.3. The highest BCUT2D eigenvalue weighted by Gasteiger charge is 2.29. The zero-order valence-electron chi connectivity index (χ0n) is 18.2. The molecule has 32 heavy (non-hydrogen) atoms. The molecule has 0 aromatic heterocycles. The van der Waals surface area contributed by atoms with Crippen molar-refractivity contribution in [1.82, 2.24) is 10.6 Å². The van der Waals surface area contributed by atoms with E-state index in [-0.39, 0.29) is 37.8 Å². The third-order valence-electron chi connectivity index (χ3n) is 5.46. The molecule has 0 radical (unpaired) electrons. The van der Waals surface area contributed by atoms with Crippen LogP contribution in [0.25, 0.3) is 11.1 Å². The normalized spacial score (nSPS) is 14.1. The SMILES string of the molecule is COC(CNC(=O)C[C@@H](C)NC(=O)OCC1c2ccccc2-c2ccccc21)CC(=O)O. The number of alkyl carbamates (subject to hydrolysis) is 1. The third kappa shape index (κ3) is 5.85. The molecule has 8 nitrogen and oxygen atoms in total. The van der Waals surface area contributed by atoms with Crippen molar-refractivity contribution in [3.8, 4) is 11.1 Å². The minimum absolute atomic E-state index is 0.0352. The Morgan fingerprint density at radius 1 is 1.00 bits per heavy atom. The predicted molar refractivity (Wildman–Crippen MR) is 118 cm³/mol. The number of carbonyl (C=O) groups is 3. The van der Waals surface area contributed by atoms with Crippen LogP contribution in [0.3, 0.4) is 0 Å². The maximum Gasteiger partial charge on any atom is 0.407 e. The summed E-state index contributed by atoms with van der Waals surface area (Å²) in [6, 6.07) is 15.7. The zero-order valence-corrected chi connectivity index (χ0v) is 18.2. The van der Waals surface area contributed by atoms with Crippen LogP contribution in [-0.2, 0) is 19.1 Å². The highest BCUT2D eigenvalue weighted by atomic mass is 16.5. The Kier molecular flexibility index (Phi) is 7.83. The first-order valence-electron chi connectivity index (χ1n) is 10.5. The van der Waals surface area contributed by atoms with Gasteiger partial charge in [-0.25, -0.2) is 4.79 Å². The fraction of sp³-hybridized carbons (Fsp3) is 0.375. The average Bonchev–Trinajstić information content (AvgIpc) is 3.08. The van der Waals surface area contributed by atoms with Crippen LogP contribution in [0.2, 0.25) is 0 Å². The van der Waals surface area contributed by atoms with Crippen LogP contribution in [-0.4, -0.2) is 55.5 Å². The summed E-state index contributed by atoms with van der Waals surface area (Å²) in [7, 11) is 1.39. The summed E-state index contributed by atoms with van der Waals surface area (Å²) in [5, 5.41) is 14.1. The molecule has 2 amide bonds. The lowest BCUT2D eigenvalue weighted by molar-refractivity contribution is -0.140. The van der Waals surface area contributed by atoms with Crippen LogP contribution in [0.4, 0.5) is 4.79 Å². The Labute approximate surface area is 186 Å². The molecule has 1 unspecified atom stereocenters. The highest BCUT2D eigenvalue weighted by molar-refractivity contribution is 5.79. The number of rotatable bonds is 10. The second-order valence-electron chi connectivity index (χ2n) is 7.83. The zero-order chi connectivity index (χ0) is 23.1. The number of amides is 2. The molecule has 1 aliphatic rings. The van der Waals surface area contributed by atoms with E-state index in [1.807, 2.05) is 36.4 Å². The number of benzene rings is 2. The summed E-state index contributed by atoms with van der Waals surface area (Å²) in [5.74, 6) is -1.35. The van der Waals surface area contributed by atoms with E-state index in [1.165, 1.54) is 7.11 Å². The topological polar surface area (TPSA) is 114 Å². The van der Waals surface area contributed by atoms with E-state index in [0.29, 0.717) is 0 Å². The van der Waals surface area contributed by atoms with E-state index in [2.05, 4.69) is 22.8 Å². The van der Waals surface area contributed by atoms with E-state index in [1.54, 1.807) is 6.92 Å². The molecule has 0 bridgehead atoms. The standard InChI is InChI=1S/C24H28N2O6/c1-15(11-22(27)25-13-16(31-2)12-23(28)29)26-24(30)32-14-21-19-9-5-3-7-17(19)18-8-4-6-10-20(18)21/h3-10,15-16,21H,11-14H2,1-2H3,(H,25,27)(H,26,30)(H,28,29)/t15-,16?/m1/s1. The third-order valence-corrected chi connectivity index (χ3v) is 5.46. The maximum absolute atomic E-state index is 12.3. The Morgan fingerprint density at radius 2 is 1.59 bits per heavy atom. The van der Waals surface area contributed by atoms with Crippen LogP contribution < -0.4 is 10.6 Å². The van der Waals surface area contributed by atoms with Crippen molar-refractivity contribution >= 4 is 18.0 Å². The Bertz CT molecular complexity index is 931. The molecular formula is C24H28N2O6. The summed E-state index contributed by atoms with van der Waals surface area (Å²) < 4.78 is 10.5. The molecule has 0 saturated carbocycles. The number of ether oxygens (including phenoxy) is 2.